The average Bonchev–Trinajstić information content (AvgIpc) is 2.48. The van der Waals surface area contributed by atoms with Crippen LogP contribution in [0, 0.1) is 0 Å². The summed E-state index contributed by atoms with van der Waals surface area (Å²) in [6.45, 7) is -0.249. The molecule has 0 fully saturated rings. The summed E-state index contributed by atoms with van der Waals surface area (Å²) in [4.78, 5) is 12.0. The van der Waals surface area contributed by atoms with Gasteiger partial charge in [0.15, 0.2) is 16.4 Å². The predicted octanol–water partition coefficient (Wildman–Crippen LogP) is 3.41. The topological polar surface area (TPSA) is 72.5 Å². The Morgan fingerprint density at radius 3 is 2.52 bits per heavy atom. The predicted molar refractivity (Wildman–Crippen MR) is 90.1 cm³/mol. The highest BCUT2D eigenvalue weighted by atomic mass is 35.5. The zero-order valence-corrected chi connectivity index (χ0v) is 14.4. The number of carbonyl (C=O) groups is 1. The minimum atomic E-state index is -3.33. The van der Waals surface area contributed by atoms with Crippen LogP contribution in [0.15, 0.2) is 47.4 Å². The third kappa shape index (κ3) is 5.13. The van der Waals surface area contributed by atoms with Crippen molar-refractivity contribution in [3.05, 3.63) is 52.5 Å². The van der Waals surface area contributed by atoms with E-state index in [-0.39, 0.29) is 11.5 Å². The molecular weight excluding hydrogens is 361 g/mol. The number of carbonyl (C=O) groups excluding carboxylic acids is 1. The Kier molecular flexibility index (Phi) is 5.51. The van der Waals surface area contributed by atoms with E-state index in [1.807, 2.05) is 0 Å². The first-order valence-corrected chi connectivity index (χ1v) is 9.08. The molecule has 0 heterocycles. The molecule has 23 heavy (non-hydrogen) atoms. The van der Waals surface area contributed by atoms with E-state index < -0.39 is 15.7 Å². The van der Waals surface area contributed by atoms with E-state index in [1.54, 1.807) is 24.3 Å². The number of benzene rings is 2. The van der Waals surface area contributed by atoms with E-state index in [4.69, 9.17) is 27.9 Å². The molecule has 1 amide bonds. The van der Waals surface area contributed by atoms with Gasteiger partial charge in [0.05, 0.1) is 14.9 Å². The molecule has 0 radical (unpaired) electrons. The smallest absolute Gasteiger partial charge is 0.262 e. The number of ether oxygens (including phenoxy) is 1. The average molecular weight is 374 g/mol. The zero-order valence-electron chi connectivity index (χ0n) is 12.0. The SMILES string of the molecule is CS(=O)(=O)c1cccc(NC(=O)COc2ccc(Cl)c(Cl)c2)c1. The summed E-state index contributed by atoms with van der Waals surface area (Å²) in [7, 11) is -3.33. The van der Waals surface area contributed by atoms with Gasteiger partial charge in [-0.3, -0.25) is 4.79 Å². The fourth-order valence-corrected chi connectivity index (χ4v) is 2.67. The number of sulfone groups is 1. The molecule has 1 N–H and O–H groups in total. The Balaban J connectivity index is 1.98. The van der Waals surface area contributed by atoms with E-state index in [9.17, 15) is 13.2 Å². The van der Waals surface area contributed by atoms with Gasteiger partial charge < -0.3 is 10.1 Å². The second-order valence-electron chi connectivity index (χ2n) is 4.71. The number of halogens is 2. The van der Waals surface area contributed by atoms with Gasteiger partial charge in [-0.1, -0.05) is 29.3 Å². The number of amides is 1. The standard InChI is InChI=1S/C15H13Cl2NO4S/c1-23(20,21)12-4-2-3-10(7-12)18-15(19)9-22-11-5-6-13(16)14(17)8-11/h2-8H,9H2,1H3,(H,18,19). The van der Waals surface area contributed by atoms with Gasteiger partial charge in [0.25, 0.3) is 5.91 Å². The van der Waals surface area contributed by atoms with Gasteiger partial charge in [0.2, 0.25) is 0 Å². The summed E-state index contributed by atoms with van der Waals surface area (Å²) in [5, 5.41) is 3.28. The molecule has 0 spiro atoms. The molecule has 5 nitrogen and oxygen atoms in total. The van der Waals surface area contributed by atoms with Crippen molar-refractivity contribution in [2.24, 2.45) is 0 Å². The first kappa shape index (κ1) is 17.6. The van der Waals surface area contributed by atoms with Crippen LogP contribution < -0.4 is 10.1 Å². The Labute approximate surface area is 144 Å². The molecule has 122 valence electrons. The van der Waals surface area contributed by atoms with Crippen LogP contribution in [-0.2, 0) is 14.6 Å². The summed E-state index contributed by atoms with van der Waals surface area (Å²) in [5.41, 5.74) is 0.371. The first-order chi connectivity index (χ1) is 10.8. The second kappa shape index (κ2) is 7.21. The van der Waals surface area contributed by atoms with Crippen molar-refractivity contribution in [2.75, 3.05) is 18.2 Å². The van der Waals surface area contributed by atoms with Gasteiger partial charge in [-0.05, 0) is 30.3 Å². The number of hydrogen-bond acceptors (Lipinski definition) is 4. The van der Waals surface area contributed by atoms with Crippen LogP contribution in [0.4, 0.5) is 5.69 Å². The van der Waals surface area contributed by atoms with Crippen molar-refractivity contribution in [3.8, 4) is 5.75 Å². The summed E-state index contributed by atoms with van der Waals surface area (Å²) in [5.74, 6) is -0.0267. The van der Waals surface area contributed by atoms with Crippen molar-refractivity contribution in [1.29, 1.82) is 0 Å². The zero-order chi connectivity index (χ0) is 17.0. The van der Waals surface area contributed by atoms with Crippen LogP contribution in [0.5, 0.6) is 5.75 Å². The van der Waals surface area contributed by atoms with Crippen LogP contribution in [0.1, 0.15) is 0 Å². The Morgan fingerprint density at radius 2 is 1.87 bits per heavy atom. The normalized spacial score (nSPS) is 11.1. The van der Waals surface area contributed by atoms with Crippen molar-refractivity contribution in [2.45, 2.75) is 4.90 Å². The number of nitrogens with one attached hydrogen (secondary N) is 1. The number of anilines is 1. The fourth-order valence-electron chi connectivity index (χ4n) is 1.72. The molecule has 8 heteroatoms. The maximum atomic E-state index is 11.9. The quantitative estimate of drug-likeness (QED) is 0.871. The highest BCUT2D eigenvalue weighted by Crippen LogP contribution is 2.26. The maximum absolute atomic E-state index is 11.9. The molecule has 0 saturated carbocycles. The lowest BCUT2D eigenvalue weighted by Gasteiger charge is -2.09. The second-order valence-corrected chi connectivity index (χ2v) is 7.54. The van der Waals surface area contributed by atoms with Gasteiger partial charge >= 0.3 is 0 Å². The number of hydrogen-bond donors (Lipinski definition) is 1. The van der Waals surface area contributed by atoms with Crippen LogP contribution in [0.3, 0.4) is 0 Å². The minimum absolute atomic E-state index is 0.126. The Hall–Kier alpha value is -1.76. The summed E-state index contributed by atoms with van der Waals surface area (Å²) < 4.78 is 28.3. The molecule has 0 aromatic heterocycles. The molecule has 0 aliphatic rings. The molecule has 0 aliphatic heterocycles. The maximum Gasteiger partial charge on any atom is 0.262 e. The van der Waals surface area contributed by atoms with Crippen molar-refractivity contribution in [1.82, 2.24) is 0 Å². The lowest BCUT2D eigenvalue weighted by atomic mass is 10.3. The Morgan fingerprint density at radius 1 is 1.13 bits per heavy atom. The monoisotopic (exact) mass is 373 g/mol. The number of rotatable bonds is 5. The highest BCUT2D eigenvalue weighted by Gasteiger charge is 2.10. The van der Waals surface area contributed by atoms with Gasteiger partial charge in [0.1, 0.15) is 5.75 Å². The van der Waals surface area contributed by atoms with Crippen LogP contribution in [-0.4, -0.2) is 27.2 Å². The third-order valence-corrected chi connectivity index (χ3v) is 4.66. The van der Waals surface area contributed by atoms with Gasteiger partial charge in [0, 0.05) is 18.0 Å². The Bertz CT molecular complexity index is 837. The van der Waals surface area contributed by atoms with Crippen molar-refractivity contribution < 1.29 is 17.9 Å². The van der Waals surface area contributed by atoms with E-state index in [0.29, 0.717) is 21.5 Å². The molecule has 2 rings (SSSR count). The molecule has 0 saturated heterocycles. The largest absolute Gasteiger partial charge is 0.484 e. The summed E-state index contributed by atoms with van der Waals surface area (Å²) in [6.07, 6.45) is 1.10. The van der Waals surface area contributed by atoms with Gasteiger partial charge in [-0.2, -0.15) is 0 Å². The minimum Gasteiger partial charge on any atom is -0.484 e. The summed E-state index contributed by atoms with van der Waals surface area (Å²) >= 11 is 11.6. The fraction of sp³-hybridized carbons (Fsp3) is 0.133. The highest BCUT2D eigenvalue weighted by molar-refractivity contribution is 7.90. The third-order valence-electron chi connectivity index (χ3n) is 2.81. The van der Waals surface area contributed by atoms with Crippen molar-refractivity contribution in [3.63, 3.8) is 0 Å². The molecule has 2 aromatic rings. The lowest BCUT2D eigenvalue weighted by molar-refractivity contribution is -0.118. The molecule has 0 atom stereocenters. The van der Waals surface area contributed by atoms with E-state index >= 15 is 0 Å². The molecule has 0 unspecified atom stereocenters. The molecular formula is C15H13Cl2NO4S. The van der Waals surface area contributed by atoms with E-state index in [2.05, 4.69) is 5.32 Å². The van der Waals surface area contributed by atoms with Crippen LogP contribution >= 0.6 is 23.2 Å². The van der Waals surface area contributed by atoms with E-state index in [0.717, 1.165) is 6.26 Å². The van der Waals surface area contributed by atoms with E-state index in [1.165, 1.54) is 18.2 Å². The van der Waals surface area contributed by atoms with Gasteiger partial charge in [-0.15, -0.1) is 0 Å². The van der Waals surface area contributed by atoms with Gasteiger partial charge in [-0.25, -0.2) is 8.42 Å². The van der Waals surface area contributed by atoms with Crippen molar-refractivity contribution >= 4 is 44.6 Å². The first-order valence-electron chi connectivity index (χ1n) is 6.43. The molecule has 2 aromatic carbocycles. The molecule has 0 aliphatic carbocycles. The van der Waals surface area contributed by atoms with Crippen LogP contribution in [0.25, 0.3) is 0 Å². The van der Waals surface area contributed by atoms with Crippen LogP contribution in [0.2, 0.25) is 10.0 Å². The summed E-state index contributed by atoms with van der Waals surface area (Å²) in [6, 6.07) is 10.6. The lowest BCUT2D eigenvalue weighted by Crippen LogP contribution is -2.20. The molecule has 0 bridgehead atoms.